The maximum Gasteiger partial charge on any atom is 0.270 e. The van der Waals surface area contributed by atoms with E-state index in [2.05, 4.69) is 22.6 Å². The van der Waals surface area contributed by atoms with Crippen LogP contribution in [0.4, 0.5) is 11.4 Å². The lowest BCUT2D eigenvalue weighted by molar-refractivity contribution is -0.384. The third kappa shape index (κ3) is 3.17. The Kier molecular flexibility index (Phi) is 4.72. The molecule has 1 aliphatic rings. The van der Waals surface area contributed by atoms with E-state index in [1.807, 2.05) is 0 Å². The lowest BCUT2D eigenvalue weighted by Gasteiger charge is -2.26. The molecule has 0 aromatic heterocycles. The van der Waals surface area contributed by atoms with Crippen molar-refractivity contribution in [3.63, 3.8) is 0 Å². The van der Waals surface area contributed by atoms with Crippen LogP contribution in [0.5, 0.6) is 0 Å². The molecular weight excluding hydrogens is 453 g/mol. The minimum atomic E-state index is -0.662. The number of nitro benzene ring substituents is 1. The highest BCUT2D eigenvalue weighted by Gasteiger charge is 2.38. The van der Waals surface area contributed by atoms with E-state index in [1.165, 1.54) is 24.0 Å². The molecule has 0 saturated carbocycles. The molecule has 0 radical (unpaired) electrons. The Bertz CT molecular complexity index is 942. The van der Waals surface area contributed by atoms with E-state index >= 15 is 0 Å². The van der Waals surface area contributed by atoms with Gasteiger partial charge in [0, 0.05) is 28.3 Å². The van der Waals surface area contributed by atoms with Crippen LogP contribution in [-0.2, 0) is 4.79 Å². The van der Waals surface area contributed by atoms with Crippen LogP contribution < -0.4 is 4.90 Å². The fraction of sp³-hybridized carbons (Fsp3) is 0.118. The summed E-state index contributed by atoms with van der Waals surface area (Å²) < 4.78 is 0.975. The van der Waals surface area contributed by atoms with E-state index in [0.717, 1.165) is 14.5 Å². The molecule has 0 atom stereocenters. The summed E-state index contributed by atoms with van der Waals surface area (Å²) in [5.41, 5.74) is 0.329. The molecule has 26 heavy (non-hydrogen) atoms. The van der Waals surface area contributed by atoms with Gasteiger partial charge in [-0.05, 0) is 52.9 Å². The summed E-state index contributed by atoms with van der Waals surface area (Å²) in [6.45, 7) is 1.07. The average molecular weight is 465 g/mol. The minimum Gasteiger partial charge on any atom is -0.294 e. The third-order valence-electron chi connectivity index (χ3n) is 3.97. The summed E-state index contributed by atoms with van der Waals surface area (Å²) in [5, 5.41) is 10.9. The molecule has 3 amide bonds. The summed E-state index contributed by atoms with van der Waals surface area (Å²) in [4.78, 5) is 49.6. The third-order valence-corrected chi connectivity index (χ3v) is 4.69. The fourth-order valence-corrected chi connectivity index (χ4v) is 3.01. The van der Waals surface area contributed by atoms with Gasteiger partial charge in [-0.3, -0.25) is 34.3 Å². The van der Waals surface area contributed by atoms with Crippen molar-refractivity contribution >= 4 is 51.7 Å². The molecule has 8 nitrogen and oxygen atoms in total. The van der Waals surface area contributed by atoms with Crippen molar-refractivity contribution in [1.29, 1.82) is 0 Å². The number of nitro groups is 1. The SMILES string of the molecule is CC(=O)N(CN1C(=O)c2ccc([N+](=O)[O-])cc2C1=O)c1ccc(I)cc1. The van der Waals surface area contributed by atoms with Gasteiger partial charge in [0.15, 0.2) is 0 Å². The van der Waals surface area contributed by atoms with Crippen molar-refractivity contribution in [3.8, 4) is 0 Å². The van der Waals surface area contributed by atoms with Gasteiger partial charge in [0.2, 0.25) is 5.91 Å². The first-order valence-electron chi connectivity index (χ1n) is 7.48. The molecule has 1 aliphatic heterocycles. The molecule has 0 bridgehead atoms. The van der Waals surface area contributed by atoms with Gasteiger partial charge in [-0.2, -0.15) is 0 Å². The fourth-order valence-electron chi connectivity index (χ4n) is 2.65. The zero-order valence-electron chi connectivity index (χ0n) is 13.5. The number of anilines is 1. The second-order valence-corrected chi connectivity index (χ2v) is 6.84. The topological polar surface area (TPSA) is 101 Å². The van der Waals surface area contributed by atoms with Gasteiger partial charge in [0.25, 0.3) is 17.5 Å². The molecule has 2 aromatic carbocycles. The molecule has 1 heterocycles. The van der Waals surface area contributed by atoms with Crippen LogP contribution in [0.25, 0.3) is 0 Å². The highest BCUT2D eigenvalue weighted by molar-refractivity contribution is 14.1. The number of non-ortho nitro benzene ring substituents is 1. The molecule has 0 saturated heterocycles. The van der Waals surface area contributed by atoms with Crippen molar-refractivity contribution in [2.75, 3.05) is 11.6 Å². The Morgan fingerprint density at radius 3 is 2.31 bits per heavy atom. The Labute approximate surface area is 161 Å². The number of hydrogen-bond donors (Lipinski definition) is 0. The van der Waals surface area contributed by atoms with Gasteiger partial charge >= 0.3 is 0 Å². The summed E-state index contributed by atoms with van der Waals surface area (Å²) in [6.07, 6.45) is 0. The zero-order valence-corrected chi connectivity index (χ0v) is 15.7. The van der Waals surface area contributed by atoms with E-state index in [-0.39, 0.29) is 29.4 Å². The van der Waals surface area contributed by atoms with Crippen molar-refractivity contribution < 1.29 is 19.3 Å². The number of amides is 3. The maximum atomic E-state index is 12.6. The Balaban J connectivity index is 1.92. The molecular formula is C17H12IN3O5. The Hall–Kier alpha value is -2.82. The van der Waals surface area contributed by atoms with Gasteiger partial charge in [-0.25, -0.2) is 0 Å². The molecule has 0 fully saturated rings. The Morgan fingerprint density at radius 2 is 1.73 bits per heavy atom. The van der Waals surface area contributed by atoms with Crippen molar-refractivity contribution in [1.82, 2.24) is 4.90 Å². The minimum absolute atomic E-state index is 0.0321. The quantitative estimate of drug-likeness (QED) is 0.299. The lowest BCUT2D eigenvalue weighted by atomic mass is 10.1. The van der Waals surface area contributed by atoms with Crippen LogP contribution in [0.15, 0.2) is 42.5 Å². The summed E-state index contributed by atoms with van der Waals surface area (Å²) >= 11 is 2.13. The number of carbonyl (C=O) groups excluding carboxylic acids is 3. The summed E-state index contributed by atoms with van der Waals surface area (Å²) in [5.74, 6) is -1.59. The van der Waals surface area contributed by atoms with Crippen molar-refractivity contribution in [3.05, 3.63) is 67.3 Å². The number of nitrogens with zero attached hydrogens (tertiary/aromatic N) is 3. The first-order chi connectivity index (χ1) is 12.3. The largest absolute Gasteiger partial charge is 0.294 e. The van der Waals surface area contributed by atoms with Gasteiger partial charge in [-0.1, -0.05) is 0 Å². The summed E-state index contributed by atoms with van der Waals surface area (Å²) in [6, 6.07) is 10.6. The molecule has 2 aromatic rings. The van der Waals surface area contributed by atoms with Crippen LogP contribution in [0.2, 0.25) is 0 Å². The van der Waals surface area contributed by atoms with Gasteiger partial charge in [0.1, 0.15) is 6.67 Å². The standard InChI is InChI=1S/C17H12IN3O5/c1-10(22)19(12-4-2-11(18)3-5-12)9-20-16(23)14-7-6-13(21(25)26)8-15(14)17(20)24/h2-8H,9H2,1H3. The first-order valence-corrected chi connectivity index (χ1v) is 8.56. The number of benzene rings is 2. The van der Waals surface area contributed by atoms with E-state index in [9.17, 15) is 24.5 Å². The van der Waals surface area contributed by atoms with E-state index in [4.69, 9.17) is 0 Å². The molecule has 9 heteroatoms. The van der Waals surface area contributed by atoms with E-state index in [0.29, 0.717) is 5.69 Å². The average Bonchev–Trinajstić information content (AvgIpc) is 2.84. The van der Waals surface area contributed by atoms with Crippen LogP contribution in [-0.4, -0.2) is 34.2 Å². The maximum absolute atomic E-state index is 12.6. The van der Waals surface area contributed by atoms with Crippen LogP contribution in [0, 0.1) is 13.7 Å². The summed E-state index contributed by atoms with van der Waals surface area (Å²) in [7, 11) is 0. The van der Waals surface area contributed by atoms with Crippen LogP contribution in [0.1, 0.15) is 27.6 Å². The predicted octanol–water partition coefficient (Wildman–Crippen LogP) is 2.81. The number of imide groups is 1. The molecule has 0 N–H and O–H groups in total. The highest BCUT2D eigenvalue weighted by Crippen LogP contribution is 2.28. The lowest BCUT2D eigenvalue weighted by Crippen LogP contribution is -2.43. The number of carbonyl (C=O) groups is 3. The zero-order chi connectivity index (χ0) is 19.0. The molecule has 132 valence electrons. The number of fused-ring (bicyclic) bond motifs is 1. The monoisotopic (exact) mass is 465 g/mol. The molecule has 0 aliphatic carbocycles. The highest BCUT2D eigenvalue weighted by atomic mass is 127. The van der Waals surface area contributed by atoms with E-state index in [1.54, 1.807) is 24.3 Å². The van der Waals surface area contributed by atoms with E-state index < -0.39 is 16.7 Å². The van der Waals surface area contributed by atoms with Crippen molar-refractivity contribution in [2.24, 2.45) is 0 Å². The second kappa shape index (κ2) is 6.83. The van der Waals surface area contributed by atoms with Crippen molar-refractivity contribution in [2.45, 2.75) is 6.92 Å². The first kappa shape index (κ1) is 18.0. The number of halogens is 1. The molecule has 0 spiro atoms. The van der Waals surface area contributed by atoms with Crippen LogP contribution in [0.3, 0.4) is 0 Å². The smallest absolute Gasteiger partial charge is 0.270 e. The van der Waals surface area contributed by atoms with Gasteiger partial charge in [-0.15, -0.1) is 0 Å². The van der Waals surface area contributed by atoms with Crippen LogP contribution >= 0.6 is 22.6 Å². The van der Waals surface area contributed by atoms with Gasteiger partial charge in [0.05, 0.1) is 16.1 Å². The second-order valence-electron chi connectivity index (χ2n) is 5.59. The normalized spacial score (nSPS) is 12.9. The molecule has 0 unspecified atom stereocenters. The number of rotatable bonds is 4. The number of hydrogen-bond acceptors (Lipinski definition) is 5. The molecule has 3 rings (SSSR count). The van der Waals surface area contributed by atoms with Gasteiger partial charge < -0.3 is 0 Å². The predicted molar refractivity (Wildman–Crippen MR) is 101 cm³/mol. The Morgan fingerprint density at radius 1 is 1.12 bits per heavy atom.